The van der Waals surface area contributed by atoms with Crippen LogP contribution in [0.4, 0.5) is 11.4 Å². The first kappa shape index (κ1) is 14.3. The Morgan fingerprint density at radius 1 is 1.35 bits per heavy atom. The second-order valence-electron chi connectivity index (χ2n) is 4.92. The molecule has 1 aromatic rings. The van der Waals surface area contributed by atoms with Gasteiger partial charge in [0.15, 0.2) is 0 Å². The summed E-state index contributed by atoms with van der Waals surface area (Å²) in [5.74, 6) is 0.904. The molecule has 1 amide bonds. The van der Waals surface area contributed by atoms with Gasteiger partial charge in [0.25, 0.3) is 5.91 Å². The summed E-state index contributed by atoms with van der Waals surface area (Å²) in [6.45, 7) is 1.94. The molecule has 2 rings (SSSR count). The van der Waals surface area contributed by atoms with Crippen LogP contribution in [0, 0.1) is 0 Å². The van der Waals surface area contributed by atoms with Crippen LogP contribution in [-0.2, 0) is 4.79 Å². The summed E-state index contributed by atoms with van der Waals surface area (Å²) < 4.78 is 0. The van der Waals surface area contributed by atoms with E-state index in [1.807, 2.05) is 49.2 Å². The van der Waals surface area contributed by atoms with Crippen LogP contribution in [0.5, 0.6) is 0 Å². The molecule has 0 bridgehead atoms. The predicted molar refractivity (Wildman–Crippen MR) is 84.4 cm³/mol. The second-order valence-corrected chi connectivity index (χ2v) is 4.92. The van der Waals surface area contributed by atoms with Gasteiger partial charge in [-0.3, -0.25) is 9.79 Å². The van der Waals surface area contributed by atoms with Gasteiger partial charge in [-0.05, 0) is 38.3 Å². The lowest BCUT2D eigenvalue weighted by Gasteiger charge is -2.22. The number of amidine groups is 1. The fourth-order valence-electron chi connectivity index (χ4n) is 2.28. The van der Waals surface area contributed by atoms with E-state index in [0.29, 0.717) is 0 Å². The number of hydrogen-bond donors (Lipinski definition) is 1. The molecule has 0 radical (unpaired) electrons. The molecule has 0 saturated heterocycles. The molecule has 0 fully saturated rings. The number of carbonyl (C=O) groups is 1. The molecule has 1 aliphatic rings. The summed E-state index contributed by atoms with van der Waals surface area (Å²) in [4.78, 5) is 18.4. The van der Waals surface area contributed by atoms with Crippen molar-refractivity contribution in [1.29, 1.82) is 0 Å². The number of carbonyl (C=O) groups excluding carboxylic acids is 1. The molecule has 106 valence electrons. The highest BCUT2D eigenvalue weighted by atomic mass is 16.1. The molecule has 1 aromatic carbocycles. The predicted octanol–water partition coefficient (Wildman–Crippen LogP) is 3.22. The Bertz CT molecular complexity index is 561. The Labute approximate surface area is 120 Å². The van der Waals surface area contributed by atoms with Crippen LogP contribution >= 0.6 is 0 Å². The normalized spacial score (nSPS) is 14.9. The molecule has 0 spiro atoms. The number of para-hydroxylation sites is 2. The maximum Gasteiger partial charge on any atom is 0.251 e. The molecule has 0 heterocycles. The number of nitrogens with zero attached hydrogens (tertiary/aromatic N) is 2. The van der Waals surface area contributed by atoms with E-state index in [1.54, 1.807) is 7.05 Å². The Morgan fingerprint density at radius 3 is 2.75 bits per heavy atom. The number of hydrogen-bond acceptors (Lipinski definition) is 2. The van der Waals surface area contributed by atoms with E-state index < -0.39 is 0 Å². The minimum atomic E-state index is 0.00874. The van der Waals surface area contributed by atoms with Gasteiger partial charge in [0.1, 0.15) is 0 Å². The van der Waals surface area contributed by atoms with Gasteiger partial charge < -0.3 is 10.2 Å². The molecule has 1 aliphatic carbocycles. The Kier molecular flexibility index (Phi) is 4.56. The van der Waals surface area contributed by atoms with Gasteiger partial charge in [-0.25, -0.2) is 0 Å². The Balaban J connectivity index is 2.22. The van der Waals surface area contributed by atoms with Gasteiger partial charge in [-0.15, -0.1) is 0 Å². The highest BCUT2D eigenvalue weighted by Gasteiger charge is 2.16. The zero-order valence-corrected chi connectivity index (χ0v) is 12.3. The van der Waals surface area contributed by atoms with Gasteiger partial charge in [-0.1, -0.05) is 18.2 Å². The van der Waals surface area contributed by atoms with Gasteiger partial charge >= 0.3 is 0 Å². The fraction of sp³-hybridized carbons (Fsp3) is 0.375. The van der Waals surface area contributed by atoms with Crippen molar-refractivity contribution in [3.8, 4) is 0 Å². The van der Waals surface area contributed by atoms with Gasteiger partial charge in [0.05, 0.1) is 17.2 Å². The quantitative estimate of drug-likeness (QED) is 0.677. The van der Waals surface area contributed by atoms with Crippen molar-refractivity contribution in [2.75, 3.05) is 24.3 Å². The van der Waals surface area contributed by atoms with E-state index in [1.165, 1.54) is 0 Å². The standard InChI is InChI=1S/C16H21N3O/c1-12(17-2)19(3)15-11-7-6-10-14(15)18-16(20)13-8-4-5-9-13/h6-8,10-11H,4-5,9H2,1-3H3,(H,18,20). The molecule has 4 heteroatoms. The summed E-state index contributed by atoms with van der Waals surface area (Å²) in [7, 11) is 3.71. The van der Waals surface area contributed by atoms with Crippen LogP contribution in [-0.4, -0.2) is 25.8 Å². The number of nitrogens with one attached hydrogen (secondary N) is 1. The SMILES string of the molecule is CN=C(C)N(C)c1ccccc1NC(=O)C1=CCCC1. The van der Waals surface area contributed by atoms with Crippen molar-refractivity contribution < 1.29 is 4.79 Å². The number of amides is 1. The third-order valence-corrected chi connectivity index (χ3v) is 3.66. The fourth-order valence-corrected chi connectivity index (χ4v) is 2.28. The summed E-state index contributed by atoms with van der Waals surface area (Å²) >= 11 is 0. The first-order valence-corrected chi connectivity index (χ1v) is 6.90. The van der Waals surface area contributed by atoms with Gasteiger partial charge in [-0.2, -0.15) is 0 Å². The van der Waals surface area contributed by atoms with Crippen LogP contribution in [0.1, 0.15) is 26.2 Å². The third-order valence-electron chi connectivity index (χ3n) is 3.66. The lowest BCUT2D eigenvalue weighted by Crippen LogP contribution is -2.25. The maximum atomic E-state index is 12.2. The van der Waals surface area contributed by atoms with Crippen molar-refractivity contribution in [1.82, 2.24) is 0 Å². The topological polar surface area (TPSA) is 44.7 Å². The van der Waals surface area contributed by atoms with Crippen molar-refractivity contribution >= 4 is 23.1 Å². The van der Waals surface area contributed by atoms with Crippen LogP contribution in [0.3, 0.4) is 0 Å². The number of anilines is 2. The van der Waals surface area contributed by atoms with Crippen molar-refractivity contribution in [3.63, 3.8) is 0 Å². The number of rotatable bonds is 3. The van der Waals surface area contributed by atoms with E-state index in [4.69, 9.17) is 0 Å². The molecule has 0 atom stereocenters. The largest absolute Gasteiger partial charge is 0.332 e. The monoisotopic (exact) mass is 271 g/mol. The van der Waals surface area contributed by atoms with Crippen molar-refractivity contribution in [3.05, 3.63) is 35.9 Å². The highest BCUT2D eigenvalue weighted by Crippen LogP contribution is 2.27. The lowest BCUT2D eigenvalue weighted by atomic mass is 10.2. The summed E-state index contributed by atoms with van der Waals surface area (Å²) in [5.41, 5.74) is 2.65. The number of allylic oxidation sites excluding steroid dienone is 1. The maximum absolute atomic E-state index is 12.2. The molecule has 20 heavy (non-hydrogen) atoms. The Morgan fingerprint density at radius 2 is 2.10 bits per heavy atom. The van der Waals surface area contributed by atoms with E-state index in [0.717, 1.165) is 42.0 Å². The van der Waals surface area contributed by atoms with Crippen molar-refractivity contribution in [2.24, 2.45) is 4.99 Å². The van der Waals surface area contributed by atoms with Crippen LogP contribution in [0.2, 0.25) is 0 Å². The highest BCUT2D eigenvalue weighted by molar-refractivity contribution is 6.07. The minimum Gasteiger partial charge on any atom is -0.332 e. The van der Waals surface area contributed by atoms with Crippen molar-refractivity contribution in [2.45, 2.75) is 26.2 Å². The molecular weight excluding hydrogens is 250 g/mol. The van der Waals surface area contributed by atoms with E-state index >= 15 is 0 Å². The average Bonchev–Trinajstić information content (AvgIpc) is 3.00. The summed E-state index contributed by atoms with van der Waals surface area (Å²) in [6, 6.07) is 7.78. The zero-order valence-electron chi connectivity index (χ0n) is 12.3. The number of aliphatic imine (C=N–C) groups is 1. The zero-order chi connectivity index (χ0) is 14.5. The first-order chi connectivity index (χ1) is 9.63. The summed E-state index contributed by atoms with van der Waals surface area (Å²) in [5, 5.41) is 3.01. The second kappa shape index (κ2) is 6.37. The minimum absolute atomic E-state index is 0.00874. The average molecular weight is 271 g/mol. The van der Waals surface area contributed by atoms with Gasteiger partial charge in [0, 0.05) is 19.7 Å². The first-order valence-electron chi connectivity index (χ1n) is 6.90. The van der Waals surface area contributed by atoms with Crippen LogP contribution < -0.4 is 10.2 Å². The van der Waals surface area contributed by atoms with Crippen LogP contribution in [0.25, 0.3) is 0 Å². The molecular formula is C16H21N3O. The molecule has 4 nitrogen and oxygen atoms in total. The van der Waals surface area contributed by atoms with E-state index in [-0.39, 0.29) is 5.91 Å². The van der Waals surface area contributed by atoms with Gasteiger partial charge in [0.2, 0.25) is 0 Å². The van der Waals surface area contributed by atoms with Crippen LogP contribution in [0.15, 0.2) is 40.9 Å². The Hall–Kier alpha value is -2.10. The molecule has 1 N–H and O–H groups in total. The lowest BCUT2D eigenvalue weighted by molar-refractivity contribution is -0.112. The summed E-state index contributed by atoms with van der Waals surface area (Å²) in [6.07, 6.45) is 4.98. The molecule has 0 aromatic heterocycles. The molecule has 0 saturated carbocycles. The third kappa shape index (κ3) is 3.07. The molecule has 0 aliphatic heterocycles. The smallest absolute Gasteiger partial charge is 0.251 e. The molecule has 0 unspecified atom stereocenters. The number of benzene rings is 1. The van der Waals surface area contributed by atoms with E-state index in [9.17, 15) is 4.79 Å². The van der Waals surface area contributed by atoms with E-state index in [2.05, 4.69) is 10.3 Å².